The molecule has 0 saturated carbocycles. The Kier molecular flexibility index (Phi) is 5.48. The van der Waals surface area contributed by atoms with Crippen molar-refractivity contribution in [3.63, 3.8) is 0 Å². The lowest BCUT2D eigenvalue weighted by atomic mass is 10.0. The number of aromatic nitrogens is 1. The molecule has 0 aliphatic carbocycles. The van der Waals surface area contributed by atoms with Gasteiger partial charge in [0.15, 0.2) is 5.58 Å². The molecule has 4 rings (SSSR count). The van der Waals surface area contributed by atoms with Crippen LogP contribution in [0.1, 0.15) is 36.3 Å². The number of nitrogens with one attached hydrogen (secondary N) is 3. The summed E-state index contributed by atoms with van der Waals surface area (Å²) in [4.78, 5) is 18.5. The van der Waals surface area contributed by atoms with Crippen LogP contribution in [0.2, 0.25) is 0 Å². The normalized spacial score (nSPS) is 13.9. The van der Waals surface area contributed by atoms with Gasteiger partial charge in [0.1, 0.15) is 10.5 Å². The van der Waals surface area contributed by atoms with Crippen LogP contribution in [0.4, 0.5) is 5.00 Å². The number of carbonyl (C=O) groups is 1. The number of anilines is 1. The highest BCUT2D eigenvalue weighted by atomic mass is 32.1. The third-order valence-electron chi connectivity index (χ3n) is 4.92. The maximum Gasteiger partial charge on any atom is 0.230 e. The molecule has 7 heteroatoms. The van der Waals surface area contributed by atoms with E-state index in [1.165, 1.54) is 10.4 Å². The molecule has 2 aromatic heterocycles. The summed E-state index contributed by atoms with van der Waals surface area (Å²) in [6.45, 7) is 8.58. The lowest BCUT2D eigenvalue weighted by Crippen LogP contribution is -2.27. The molecule has 0 unspecified atom stereocenters. The van der Waals surface area contributed by atoms with Crippen LogP contribution in [-0.2, 0) is 17.8 Å². The highest BCUT2D eigenvalue weighted by Crippen LogP contribution is 2.43. The summed E-state index contributed by atoms with van der Waals surface area (Å²) in [5, 5.41) is 10.6. The molecule has 0 spiro atoms. The van der Waals surface area contributed by atoms with Gasteiger partial charge in [0.25, 0.3) is 0 Å². The summed E-state index contributed by atoms with van der Waals surface area (Å²) in [6, 6.07) is 6.32. The monoisotopic (exact) mass is 398 g/mol. The SMILES string of the molecule is Cc1cccc2oc(-c3c(NC(=O)CCNC(C)C)sc4c3CCNC4)nc12. The number of rotatable bonds is 6. The standard InChI is InChI=1S/C21H26N4O2S/c1-12(2)23-10-8-17(26)24-21-18(14-7-9-22-11-16(14)28-21)20-25-19-13(3)5-4-6-15(19)27-20/h4-6,12,22-23H,7-11H2,1-3H3,(H,24,26). The zero-order valence-electron chi connectivity index (χ0n) is 16.5. The van der Waals surface area contributed by atoms with Gasteiger partial charge in [0, 0.05) is 30.4 Å². The Balaban J connectivity index is 1.68. The molecular weight excluding hydrogens is 372 g/mol. The van der Waals surface area contributed by atoms with E-state index >= 15 is 0 Å². The lowest BCUT2D eigenvalue weighted by molar-refractivity contribution is -0.116. The van der Waals surface area contributed by atoms with Crippen LogP contribution in [-0.4, -0.2) is 30.0 Å². The van der Waals surface area contributed by atoms with Gasteiger partial charge < -0.3 is 20.4 Å². The zero-order valence-corrected chi connectivity index (χ0v) is 17.3. The molecule has 1 aliphatic rings. The van der Waals surface area contributed by atoms with Crippen molar-refractivity contribution in [1.82, 2.24) is 15.6 Å². The molecule has 0 fully saturated rings. The fourth-order valence-corrected chi connectivity index (χ4v) is 4.73. The van der Waals surface area contributed by atoms with Crippen molar-refractivity contribution in [1.29, 1.82) is 0 Å². The summed E-state index contributed by atoms with van der Waals surface area (Å²) in [5.41, 5.74) is 4.93. The number of nitrogens with zero attached hydrogens (tertiary/aromatic N) is 1. The van der Waals surface area contributed by atoms with E-state index in [1.54, 1.807) is 11.3 Å². The molecule has 6 nitrogen and oxygen atoms in total. The Morgan fingerprint density at radius 1 is 1.39 bits per heavy atom. The Bertz CT molecular complexity index is 1010. The molecule has 3 aromatic rings. The first-order valence-corrected chi connectivity index (χ1v) is 10.6. The van der Waals surface area contributed by atoms with Crippen LogP contribution < -0.4 is 16.0 Å². The highest BCUT2D eigenvalue weighted by Gasteiger charge is 2.26. The average Bonchev–Trinajstić information content (AvgIpc) is 3.22. The molecule has 1 amide bonds. The largest absolute Gasteiger partial charge is 0.436 e. The van der Waals surface area contributed by atoms with Crippen LogP contribution >= 0.6 is 11.3 Å². The number of carbonyl (C=O) groups excluding carboxylic acids is 1. The van der Waals surface area contributed by atoms with E-state index in [0.717, 1.165) is 46.7 Å². The molecule has 3 heterocycles. The van der Waals surface area contributed by atoms with Crippen molar-refractivity contribution in [2.45, 2.75) is 46.2 Å². The number of oxazole rings is 1. The van der Waals surface area contributed by atoms with Crippen molar-refractivity contribution < 1.29 is 9.21 Å². The summed E-state index contributed by atoms with van der Waals surface area (Å²) < 4.78 is 6.11. The molecule has 0 atom stereocenters. The van der Waals surface area contributed by atoms with Gasteiger partial charge in [-0.1, -0.05) is 26.0 Å². The van der Waals surface area contributed by atoms with Crippen LogP contribution in [0.25, 0.3) is 22.6 Å². The van der Waals surface area contributed by atoms with Crippen LogP contribution in [0, 0.1) is 6.92 Å². The van der Waals surface area contributed by atoms with E-state index < -0.39 is 0 Å². The topological polar surface area (TPSA) is 79.2 Å². The first-order chi connectivity index (χ1) is 13.5. The average molecular weight is 399 g/mol. The predicted molar refractivity (Wildman–Crippen MR) is 114 cm³/mol. The van der Waals surface area contributed by atoms with E-state index in [1.807, 2.05) is 25.1 Å². The first-order valence-electron chi connectivity index (χ1n) is 9.78. The molecule has 0 bridgehead atoms. The first kappa shape index (κ1) is 19.1. The summed E-state index contributed by atoms with van der Waals surface area (Å²) in [7, 11) is 0. The molecule has 1 aliphatic heterocycles. The Labute approximate surface area is 168 Å². The molecule has 0 saturated heterocycles. The molecule has 0 radical (unpaired) electrons. The number of hydrogen-bond acceptors (Lipinski definition) is 6. The maximum absolute atomic E-state index is 12.5. The number of amides is 1. The molecule has 28 heavy (non-hydrogen) atoms. The van der Waals surface area contributed by atoms with E-state index in [4.69, 9.17) is 9.40 Å². The van der Waals surface area contributed by atoms with E-state index in [-0.39, 0.29) is 5.91 Å². The second-order valence-corrected chi connectivity index (χ2v) is 8.59. The summed E-state index contributed by atoms with van der Waals surface area (Å²) in [6.07, 6.45) is 1.34. The van der Waals surface area contributed by atoms with Gasteiger partial charge in [-0.15, -0.1) is 11.3 Å². The fraction of sp³-hybridized carbons (Fsp3) is 0.429. The third-order valence-corrected chi connectivity index (χ3v) is 6.07. The van der Waals surface area contributed by atoms with Crippen molar-refractivity contribution in [3.8, 4) is 11.5 Å². The quantitative estimate of drug-likeness (QED) is 0.588. The molecular formula is C21H26N4O2S. The minimum absolute atomic E-state index is 0.00764. The van der Waals surface area contributed by atoms with Gasteiger partial charge in [0.05, 0.1) is 5.56 Å². The maximum atomic E-state index is 12.5. The van der Waals surface area contributed by atoms with Crippen LogP contribution in [0.15, 0.2) is 22.6 Å². The number of para-hydroxylation sites is 1. The number of fused-ring (bicyclic) bond motifs is 2. The zero-order chi connectivity index (χ0) is 19.7. The van der Waals surface area contributed by atoms with Crippen molar-refractivity contribution in [2.75, 3.05) is 18.4 Å². The molecule has 3 N–H and O–H groups in total. The lowest BCUT2D eigenvalue weighted by Gasteiger charge is -2.13. The van der Waals surface area contributed by atoms with Gasteiger partial charge in [0.2, 0.25) is 11.8 Å². The number of benzene rings is 1. The van der Waals surface area contributed by atoms with Gasteiger partial charge in [-0.3, -0.25) is 4.79 Å². The van der Waals surface area contributed by atoms with E-state index in [9.17, 15) is 4.79 Å². The summed E-state index contributed by atoms with van der Waals surface area (Å²) >= 11 is 1.62. The fourth-order valence-electron chi connectivity index (χ4n) is 3.51. The van der Waals surface area contributed by atoms with E-state index in [0.29, 0.717) is 24.9 Å². The second kappa shape index (κ2) is 8.03. The summed E-state index contributed by atoms with van der Waals surface area (Å²) in [5.74, 6) is 0.604. The van der Waals surface area contributed by atoms with Gasteiger partial charge >= 0.3 is 0 Å². The molecule has 148 valence electrons. The van der Waals surface area contributed by atoms with Crippen molar-refractivity contribution in [2.24, 2.45) is 0 Å². The number of hydrogen-bond donors (Lipinski definition) is 3. The van der Waals surface area contributed by atoms with E-state index in [2.05, 4.69) is 29.8 Å². The molecule has 1 aromatic carbocycles. The van der Waals surface area contributed by atoms with Crippen LogP contribution in [0.5, 0.6) is 0 Å². The van der Waals surface area contributed by atoms with Gasteiger partial charge in [-0.2, -0.15) is 0 Å². The minimum Gasteiger partial charge on any atom is -0.436 e. The highest BCUT2D eigenvalue weighted by molar-refractivity contribution is 7.17. The van der Waals surface area contributed by atoms with Gasteiger partial charge in [-0.05, 0) is 37.1 Å². The predicted octanol–water partition coefficient (Wildman–Crippen LogP) is 3.84. The van der Waals surface area contributed by atoms with Crippen molar-refractivity contribution in [3.05, 3.63) is 34.2 Å². The second-order valence-electron chi connectivity index (χ2n) is 7.48. The Morgan fingerprint density at radius 3 is 3.04 bits per heavy atom. The van der Waals surface area contributed by atoms with Crippen molar-refractivity contribution >= 4 is 33.3 Å². The van der Waals surface area contributed by atoms with Gasteiger partial charge in [-0.25, -0.2) is 4.98 Å². The number of thiophene rings is 1. The Hall–Kier alpha value is -2.22. The Morgan fingerprint density at radius 2 is 2.25 bits per heavy atom. The number of aryl methyl sites for hydroxylation is 1. The minimum atomic E-state index is 0.00764. The van der Waals surface area contributed by atoms with Crippen LogP contribution in [0.3, 0.4) is 0 Å². The third kappa shape index (κ3) is 3.83. The smallest absolute Gasteiger partial charge is 0.230 e.